The summed E-state index contributed by atoms with van der Waals surface area (Å²) in [6.45, 7) is 3.82. The van der Waals surface area contributed by atoms with Crippen molar-refractivity contribution in [2.24, 2.45) is 0 Å². The quantitative estimate of drug-likeness (QED) is 0.693. The molecule has 0 fully saturated rings. The molecular formula is C13H13ClN4O3. The van der Waals surface area contributed by atoms with Crippen molar-refractivity contribution >= 4 is 29.0 Å². The second-order valence-corrected chi connectivity index (χ2v) is 5.06. The van der Waals surface area contributed by atoms with Crippen LogP contribution in [0.1, 0.15) is 30.2 Å². The monoisotopic (exact) mass is 308 g/mol. The molecule has 0 unspecified atom stereocenters. The smallest absolute Gasteiger partial charge is 0.283 e. The van der Waals surface area contributed by atoms with E-state index < -0.39 is 10.8 Å². The Morgan fingerprint density at radius 1 is 1.43 bits per heavy atom. The number of nitro groups is 1. The molecular weight excluding hydrogens is 296 g/mol. The van der Waals surface area contributed by atoms with Gasteiger partial charge in [0.05, 0.1) is 11.1 Å². The van der Waals surface area contributed by atoms with Crippen LogP contribution in [0.4, 0.5) is 11.5 Å². The van der Waals surface area contributed by atoms with Gasteiger partial charge in [-0.1, -0.05) is 11.6 Å². The number of benzene rings is 1. The summed E-state index contributed by atoms with van der Waals surface area (Å²) >= 11 is 5.72. The zero-order valence-electron chi connectivity index (χ0n) is 11.4. The Bertz CT molecular complexity index is 696. The summed E-state index contributed by atoms with van der Waals surface area (Å²) in [5, 5.41) is 17.9. The van der Waals surface area contributed by atoms with Gasteiger partial charge in [0.25, 0.3) is 11.6 Å². The van der Waals surface area contributed by atoms with Crippen LogP contribution >= 0.6 is 11.6 Å². The molecule has 0 saturated heterocycles. The molecule has 2 aromatic rings. The average molecular weight is 309 g/mol. The van der Waals surface area contributed by atoms with Crippen LogP contribution < -0.4 is 5.32 Å². The van der Waals surface area contributed by atoms with Crippen molar-refractivity contribution in [2.45, 2.75) is 19.9 Å². The molecule has 0 aliphatic carbocycles. The number of carbonyl (C=O) groups is 1. The van der Waals surface area contributed by atoms with Crippen LogP contribution in [-0.2, 0) is 0 Å². The fourth-order valence-corrected chi connectivity index (χ4v) is 2.02. The SMILES string of the molecule is CC(C)n1nccc1NC(=O)c1ccc(Cl)cc1[N+](=O)[O-]. The number of hydrogen-bond acceptors (Lipinski definition) is 4. The second kappa shape index (κ2) is 5.92. The molecule has 0 spiro atoms. The number of nitrogens with one attached hydrogen (secondary N) is 1. The first kappa shape index (κ1) is 15.0. The van der Waals surface area contributed by atoms with E-state index in [0.717, 1.165) is 6.07 Å². The molecule has 1 amide bonds. The van der Waals surface area contributed by atoms with Crippen molar-refractivity contribution < 1.29 is 9.72 Å². The third-order valence-electron chi connectivity index (χ3n) is 2.80. The van der Waals surface area contributed by atoms with Crippen molar-refractivity contribution in [3.8, 4) is 0 Å². The zero-order chi connectivity index (χ0) is 15.6. The van der Waals surface area contributed by atoms with Crippen LogP contribution in [0.25, 0.3) is 0 Å². The molecule has 0 bridgehead atoms. The van der Waals surface area contributed by atoms with Crippen LogP contribution in [0.3, 0.4) is 0 Å². The lowest BCUT2D eigenvalue weighted by Crippen LogP contribution is -2.17. The van der Waals surface area contributed by atoms with Crippen molar-refractivity contribution in [3.05, 3.63) is 51.2 Å². The molecule has 0 aliphatic rings. The summed E-state index contributed by atoms with van der Waals surface area (Å²) in [5.74, 6) is -0.111. The molecule has 0 aliphatic heterocycles. The molecule has 1 heterocycles. The van der Waals surface area contributed by atoms with Crippen molar-refractivity contribution in [3.63, 3.8) is 0 Å². The van der Waals surface area contributed by atoms with Gasteiger partial charge < -0.3 is 5.32 Å². The van der Waals surface area contributed by atoms with Gasteiger partial charge in [0, 0.05) is 23.2 Å². The van der Waals surface area contributed by atoms with E-state index in [1.807, 2.05) is 13.8 Å². The maximum absolute atomic E-state index is 12.2. The minimum atomic E-state index is -0.638. The zero-order valence-corrected chi connectivity index (χ0v) is 12.2. The Hall–Kier alpha value is -2.41. The van der Waals surface area contributed by atoms with E-state index in [1.54, 1.807) is 16.9 Å². The molecule has 0 saturated carbocycles. The normalized spacial score (nSPS) is 10.7. The fraction of sp³-hybridized carbons (Fsp3) is 0.231. The standard InChI is InChI=1S/C13H13ClN4O3/c1-8(2)17-12(5-6-15-17)16-13(19)10-4-3-9(14)7-11(10)18(20)21/h3-8H,1-2H3,(H,16,19). The van der Waals surface area contributed by atoms with Crippen LogP contribution in [0, 0.1) is 10.1 Å². The molecule has 0 radical (unpaired) electrons. The molecule has 8 heteroatoms. The van der Waals surface area contributed by atoms with E-state index >= 15 is 0 Å². The Kier molecular flexibility index (Phi) is 4.23. The number of amides is 1. The summed E-state index contributed by atoms with van der Waals surface area (Å²) in [7, 11) is 0. The van der Waals surface area contributed by atoms with E-state index in [-0.39, 0.29) is 22.3 Å². The van der Waals surface area contributed by atoms with E-state index in [0.29, 0.717) is 5.82 Å². The van der Waals surface area contributed by atoms with Gasteiger partial charge in [-0.15, -0.1) is 0 Å². The first-order valence-corrected chi connectivity index (χ1v) is 6.56. The maximum atomic E-state index is 12.2. The van der Waals surface area contributed by atoms with Crippen LogP contribution in [-0.4, -0.2) is 20.6 Å². The highest BCUT2D eigenvalue weighted by Crippen LogP contribution is 2.24. The fourth-order valence-electron chi connectivity index (χ4n) is 1.86. The number of aromatic nitrogens is 2. The van der Waals surface area contributed by atoms with Crippen molar-refractivity contribution in [1.82, 2.24) is 9.78 Å². The summed E-state index contributed by atoms with van der Waals surface area (Å²) in [5.41, 5.74) is -0.392. The molecule has 21 heavy (non-hydrogen) atoms. The number of carbonyl (C=O) groups excluding carboxylic acids is 1. The molecule has 110 valence electrons. The summed E-state index contributed by atoms with van der Waals surface area (Å²) in [6.07, 6.45) is 1.55. The lowest BCUT2D eigenvalue weighted by atomic mass is 10.1. The van der Waals surface area contributed by atoms with Gasteiger partial charge in [-0.25, -0.2) is 4.68 Å². The van der Waals surface area contributed by atoms with Crippen LogP contribution in [0.5, 0.6) is 0 Å². The number of hydrogen-bond donors (Lipinski definition) is 1. The highest BCUT2D eigenvalue weighted by atomic mass is 35.5. The summed E-state index contributed by atoms with van der Waals surface area (Å²) in [6, 6.07) is 5.58. The van der Waals surface area contributed by atoms with Crippen molar-refractivity contribution in [1.29, 1.82) is 0 Å². The van der Waals surface area contributed by atoms with E-state index in [1.165, 1.54) is 12.1 Å². The van der Waals surface area contributed by atoms with Gasteiger partial charge in [0.15, 0.2) is 0 Å². The second-order valence-electron chi connectivity index (χ2n) is 4.63. The molecule has 1 aromatic heterocycles. The Balaban J connectivity index is 2.33. The molecule has 2 rings (SSSR count). The van der Waals surface area contributed by atoms with E-state index in [9.17, 15) is 14.9 Å². The van der Waals surface area contributed by atoms with Crippen LogP contribution in [0.15, 0.2) is 30.5 Å². The van der Waals surface area contributed by atoms with Gasteiger partial charge in [-0.05, 0) is 26.0 Å². The Morgan fingerprint density at radius 2 is 2.14 bits per heavy atom. The molecule has 7 nitrogen and oxygen atoms in total. The van der Waals surface area contributed by atoms with E-state index in [4.69, 9.17) is 11.6 Å². The molecule has 0 atom stereocenters. The minimum Gasteiger partial charge on any atom is -0.307 e. The lowest BCUT2D eigenvalue weighted by molar-refractivity contribution is -0.385. The predicted molar refractivity (Wildman–Crippen MR) is 78.7 cm³/mol. The van der Waals surface area contributed by atoms with E-state index in [2.05, 4.69) is 10.4 Å². The third kappa shape index (κ3) is 3.19. The van der Waals surface area contributed by atoms with Gasteiger partial charge in [0.1, 0.15) is 11.4 Å². The van der Waals surface area contributed by atoms with Gasteiger partial charge in [0.2, 0.25) is 0 Å². The first-order chi connectivity index (χ1) is 9.90. The summed E-state index contributed by atoms with van der Waals surface area (Å²) in [4.78, 5) is 22.6. The highest BCUT2D eigenvalue weighted by molar-refractivity contribution is 6.31. The number of halogens is 1. The number of nitrogens with zero attached hydrogens (tertiary/aromatic N) is 3. The first-order valence-electron chi connectivity index (χ1n) is 6.19. The topological polar surface area (TPSA) is 90.1 Å². The average Bonchev–Trinajstić information content (AvgIpc) is 2.86. The largest absolute Gasteiger partial charge is 0.307 e. The Labute approximate surface area is 125 Å². The number of anilines is 1. The van der Waals surface area contributed by atoms with Crippen molar-refractivity contribution in [2.75, 3.05) is 5.32 Å². The molecule has 1 N–H and O–H groups in total. The third-order valence-corrected chi connectivity index (χ3v) is 3.04. The maximum Gasteiger partial charge on any atom is 0.283 e. The highest BCUT2D eigenvalue weighted by Gasteiger charge is 2.21. The number of nitro benzene ring substituents is 1. The minimum absolute atomic E-state index is 0.0514. The van der Waals surface area contributed by atoms with Gasteiger partial charge >= 0.3 is 0 Å². The van der Waals surface area contributed by atoms with Crippen LogP contribution in [0.2, 0.25) is 5.02 Å². The predicted octanol–water partition coefficient (Wildman–Crippen LogP) is 3.28. The van der Waals surface area contributed by atoms with Gasteiger partial charge in [-0.2, -0.15) is 5.10 Å². The lowest BCUT2D eigenvalue weighted by Gasteiger charge is -2.11. The molecule has 1 aromatic carbocycles. The summed E-state index contributed by atoms with van der Waals surface area (Å²) < 4.78 is 1.61. The van der Waals surface area contributed by atoms with Gasteiger partial charge in [-0.3, -0.25) is 14.9 Å². The number of rotatable bonds is 4. The Morgan fingerprint density at radius 3 is 2.76 bits per heavy atom.